The second-order valence-electron chi connectivity index (χ2n) is 1.60. The van der Waals surface area contributed by atoms with E-state index in [2.05, 4.69) is 29.6 Å². The van der Waals surface area contributed by atoms with Gasteiger partial charge in [-0.2, -0.15) is 0 Å². The number of hydrogen-bond donors (Lipinski definition) is 0. The molecule has 74 valence electrons. The summed E-state index contributed by atoms with van der Waals surface area (Å²) in [4.78, 5) is 19.9. The molecule has 14 heavy (non-hydrogen) atoms. The van der Waals surface area contributed by atoms with E-state index in [1.807, 2.05) is 0 Å². The second kappa shape index (κ2) is 14.9. The molecule has 0 aromatic carbocycles. The summed E-state index contributed by atoms with van der Waals surface area (Å²) in [5.74, 6) is -0.815. The van der Waals surface area contributed by atoms with Gasteiger partial charge >= 0.3 is 41.5 Å². The van der Waals surface area contributed by atoms with Gasteiger partial charge in [0.1, 0.15) is 0 Å². The smallest absolute Gasteiger partial charge is 0.496 e. The van der Waals surface area contributed by atoms with Crippen LogP contribution in [0, 0.1) is 6.92 Å². The van der Waals surface area contributed by atoms with Crippen molar-refractivity contribution < 1.29 is 48.6 Å². The third kappa shape index (κ3) is 17.5. The number of carbonyl (C=O) groups is 2. The molecule has 4 nitrogen and oxygen atoms in total. The van der Waals surface area contributed by atoms with Gasteiger partial charge in [0.15, 0.2) is 0 Å². The predicted molar refractivity (Wildman–Crippen MR) is 48.7 cm³/mol. The summed E-state index contributed by atoms with van der Waals surface area (Å²) in [5.41, 5.74) is 0. The molecule has 0 unspecified atom stereocenters. The molecule has 0 saturated heterocycles. The first-order valence-corrected chi connectivity index (χ1v) is 3.41. The average molecular weight is 208 g/mol. The molecular formula is C9H13NaO4. The molecule has 0 aromatic heterocycles. The van der Waals surface area contributed by atoms with Gasteiger partial charge in [-0.25, -0.2) is 9.59 Å². The van der Waals surface area contributed by atoms with E-state index in [0.29, 0.717) is 0 Å². The van der Waals surface area contributed by atoms with Crippen molar-refractivity contribution in [1.82, 2.24) is 0 Å². The van der Waals surface area contributed by atoms with Crippen LogP contribution in [0.2, 0.25) is 0 Å². The zero-order chi connectivity index (χ0) is 10.7. The summed E-state index contributed by atoms with van der Waals surface area (Å²) in [6, 6.07) is 0. The Kier molecular flexibility index (Phi) is 20.3. The second-order valence-corrected chi connectivity index (χ2v) is 1.60. The van der Waals surface area contributed by atoms with Crippen molar-refractivity contribution in [2.24, 2.45) is 0 Å². The molecule has 0 radical (unpaired) electrons. The van der Waals surface area contributed by atoms with Gasteiger partial charge in [0.05, 0.1) is 7.11 Å². The van der Waals surface area contributed by atoms with Crippen LogP contribution in [0.1, 0.15) is 0 Å². The van der Waals surface area contributed by atoms with Crippen LogP contribution < -0.4 is 29.6 Å². The van der Waals surface area contributed by atoms with E-state index in [1.54, 1.807) is 0 Å². The molecule has 0 rings (SSSR count). The van der Waals surface area contributed by atoms with E-state index in [0.717, 1.165) is 12.2 Å². The fourth-order valence-electron chi connectivity index (χ4n) is 0.243. The molecule has 0 heterocycles. The average Bonchev–Trinajstić information content (AvgIpc) is 2.18. The van der Waals surface area contributed by atoms with Gasteiger partial charge in [-0.05, 0) is 6.61 Å². The van der Waals surface area contributed by atoms with Crippen molar-refractivity contribution in [3.8, 4) is 0 Å². The van der Waals surface area contributed by atoms with Crippen LogP contribution in [0.4, 0.5) is 0 Å². The first-order valence-electron chi connectivity index (χ1n) is 3.41. The van der Waals surface area contributed by atoms with E-state index in [4.69, 9.17) is 0 Å². The number of esters is 2. The van der Waals surface area contributed by atoms with E-state index >= 15 is 0 Å². The van der Waals surface area contributed by atoms with Gasteiger partial charge < -0.3 is 16.4 Å². The zero-order valence-electron chi connectivity index (χ0n) is 8.62. The maximum Gasteiger partial charge on any atom is 1.00 e. The topological polar surface area (TPSA) is 52.6 Å². The molecule has 0 fully saturated rings. The Labute approximate surface area is 106 Å². The minimum Gasteiger partial charge on any atom is -0.496 e. The number of rotatable bonds is 3. The van der Waals surface area contributed by atoms with Gasteiger partial charge in [-0.3, -0.25) is 0 Å². The van der Waals surface area contributed by atoms with Crippen LogP contribution in [-0.2, 0) is 19.1 Å². The van der Waals surface area contributed by atoms with Crippen molar-refractivity contribution in [2.75, 3.05) is 13.7 Å². The van der Waals surface area contributed by atoms with Gasteiger partial charge in [0.25, 0.3) is 0 Å². The number of carbonyl (C=O) groups excluding carboxylic acids is 2. The minimum atomic E-state index is -0.421. The first-order chi connectivity index (χ1) is 6.12. The summed E-state index contributed by atoms with van der Waals surface area (Å²) >= 11 is 0. The Balaban J connectivity index is -0.000000163. The molecule has 0 aromatic rings. The predicted octanol–water partition coefficient (Wildman–Crippen LogP) is -2.10. The summed E-state index contributed by atoms with van der Waals surface area (Å²) in [7, 11) is 1.31. The fraction of sp³-hybridized carbons (Fsp3) is 0.222. The van der Waals surface area contributed by atoms with Crippen LogP contribution >= 0.6 is 0 Å². The molecule has 0 amide bonds. The monoisotopic (exact) mass is 208 g/mol. The quantitative estimate of drug-likeness (QED) is 0.231. The van der Waals surface area contributed by atoms with E-state index in [1.165, 1.54) is 7.11 Å². The summed E-state index contributed by atoms with van der Waals surface area (Å²) in [5, 5.41) is 0. The Bertz CT molecular complexity index is 189. The molecular weight excluding hydrogens is 195 g/mol. The zero-order valence-corrected chi connectivity index (χ0v) is 10.6. The Morgan fingerprint density at radius 2 is 1.71 bits per heavy atom. The summed E-state index contributed by atoms with van der Waals surface area (Å²) < 4.78 is 8.47. The summed E-state index contributed by atoms with van der Waals surface area (Å²) in [6.45, 7) is 9.79. The Morgan fingerprint density at radius 3 is 1.79 bits per heavy atom. The van der Waals surface area contributed by atoms with Crippen molar-refractivity contribution in [3.63, 3.8) is 0 Å². The van der Waals surface area contributed by atoms with E-state index in [-0.39, 0.29) is 36.2 Å². The Morgan fingerprint density at radius 1 is 1.29 bits per heavy atom. The van der Waals surface area contributed by atoms with Crippen LogP contribution in [0.15, 0.2) is 25.3 Å². The van der Waals surface area contributed by atoms with Crippen molar-refractivity contribution >= 4 is 11.9 Å². The minimum absolute atomic E-state index is 0. The number of hydrogen-bond acceptors (Lipinski definition) is 4. The van der Waals surface area contributed by atoms with E-state index < -0.39 is 11.9 Å². The fourth-order valence-corrected chi connectivity index (χ4v) is 0.243. The Hall–Kier alpha value is -0.580. The molecule has 0 aliphatic heterocycles. The van der Waals surface area contributed by atoms with Crippen molar-refractivity contribution in [2.45, 2.75) is 0 Å². The molecule has 5 heteroatoms. The molecule has 0 aliphatic carbocycles. The third-order valence-electron chi connectivity index (χ3n) is 0.779. The van der Waals surface area contributed by atoms with Gasteiger partial charge in [0, 0.05) is 12.2 Å². The first kappa shape index (κ1) is 19.1. The van der Waals surface area contributed by atoms with Crippen molar-refractivity contribution in [3.05, 3.63) is 32.2 Å². The molecule has 0 atom stereocenters. The maximum absolute atomic E-state index is 10.0. The van der Waals surface area contributed by atoms with Gasteiger partial charge in [-0.1, -0.05) is 13.2 Å². The molecule has 0 bridgehead atoms. The third-order valence-corrected chi connectivity index (χ3v) is 0.779. The van der Waals surface area contributed by atoms with Crippen LogP contribution in [0.3, 0.4) is 0 Å². The summed E-state index contributed by atoms with van der Waals surface area (Å²) in [6.07, 6.45) is 2.21. The molecule has 0 aliphatic rings. The van der Waals surface area contributed by atoms with Crippen molar-refractivity contribution in [1.29, 1.82) is 0 Å². The largest absolute Gasteiger partial charge is 1.00 e. The van der Waals surface area contributed by atoms with Crippen LogP contribution in [-0.4, -0.2) is 25.7 Å². The van der Waals surface area contributed by atoms with Gasteiger partial charge in [-0.15, -0.1) is 0 Å². The molecule has 0 N–H and O–H groups in total. The maximum atomic E-state index is 10.0. The normalized spacial score (nSPS) is 6.71. The molecule has 0 spiro atoms. The molecule has 0 saturated carbocycles. The van der Waals surface area contributed by atoms with E-state index in [9.17, 15) is 9.59 Å². The standard InChI is InChI=1S/C5H7O2.C4H6O2.Na/c1-3-5(6)7-4-2;1-3-4(5)6-2;/h3H,1-2,4H2;3H,1H2,2H3;/q-1;;+1. The number of methoxy groups -OCH3 is 1. The van der Waals surface area contributed by atoms with Gasteiger partial charge in [0.2, 0.25) is 0 Å². The van der Waals surface area contributed by atoms with Crippen LogP contribution in [0.5, 0.6) is 0 Å². The number of ether oxygens (including phenoxy) is 2. The van der Waals surface area contributed by atoms with Crippen LogP contribution in [0.25, 0.3) is 0 Å². The SMILES string of the molecule is C=CC(=O)OC.C=CC(=O)OC[CH2-].[Na+].